The molecule has 0 saturated carbocycles. The number of hydrogen-bond acceptors (Lipinski definition) is 3. The Kier molecular flexibility index (Phi) is 6.55. The van der Waals surface area contributed by atoms with E-state index in [0.29, 0.717) is 25.9 Å². The molecule has 1 N–H and O–H groups in total. The molecule has 0 atom stereocenters. The number of amides is 1. The van der Waals surface area contributed by atoms with Gasteiger partial charge in [-0.3, -0.25) is 9.10 Å². The van der Waals surface area contributed by atoms with E-state index in [4.69, 9.17) is 0 Å². The molecule has 4 aromatic rings. The number of aryl methyl sites for hydroxylation is 2. The van der Waals surface area contributed by atoms with Crippen LogP contribution in [-0.4, -0.2) is 20.9 Å². The van der Waals surface area contributed by atoms with E-state index in [2.05, 4.69) is 23.5 Å². The highest BCUT2D eigenvalue weighted by molar-refractivity contribution is 7.92. The van der Waals surface area contributed by atoms with E-state index in [1.165, 1.54) is 4.31 Å². The van der Waals surface area contributed by atoms with E-state index in [9.17, 15) is 13.2 Å². The predicted octanol–water partition coefficient (Wildman–Crippen LogP) is 5.23. The molecular weight excluding hydrogens is 456 g/mol. The highest BCUT2D eigenvalue weighted by atomic mass is 32.2. The van der Waals surface area contributed by atoms with E-state index >= 15 is 0 Å². The summed E-state index contributed by atoms with van der Waals surface area (Å²) in [4.78, 5) is 12.7. The van der Waals surface area contributed by atoms with Gasteiger partial charge in [0.15, 0.2) is 0 Å². The number of hydrogen-bond donors (Lipinski definition) is 1. The fourth-order valence-electron chi connectivity index (χ4n) is 4.69. The fourth-order valence-corrected chi connectivity index (χ4v) is 6.23. The zero-order chi connectivity index (χ0) is 24.3. The molecule has 1 amide bonds. The van der Waals surface area contributed by atoms with Crippen LogP contribution in [-0.2, 0) is 34.2 Å². The van der Waals surface area contributed by atoms with Crippen molar-refractivity contribution in [3.63, 3.8) is 0 Å². The third kappa shape index (κ3) is 4.93. The van der Waals surface area contributed by atoms with Crippen molar-refractivity contribution in [1.82, 2.24) is 5.32 Å². The first kappa shape index (κ1) is 23.1. The van der Waals surface area contributed by atoms with Crippen LogP contribution < -0.4 is 9.62 Å². The van der Waals surface area contributed by atoms with Crippen molar-refractivity contribution >= 4 is 32.4 Å². The van der Waals surface area contributed by atoms with Gasteiger partial charge >= 0.3 is 0 Å². The predicted molar refractivity (Wildman–Crippen MR) is 140 cm³/mol. The van der Waals surface area contributed by atoms with Crippen LogP contribution in [0.3, 0.4) is 0 Å². The molecule has 1 aliphatic rings. The van der Waals surface area contributed by atoms with Gasteiger partial charge in [0.1, 0.15) is 0 Å². The van der Waals surface area contributed by atoms with Crippen molar-refractivity contribution in [2.45, 2.75) is 37.1 Å². The van der Waals surface area contributed by atoms with Gasteiger partial charge in [-0.1, -0.05) is 72.8 Å². The Hall–Kier alpha value is -3.64. The maximum atomic E-state index is 13.3. The molecule has 0 spiro atoms. The third-order valence-corrected chi connectivity index (χ3v) is 8.40. The van der Waals surface area contributed by atoms with E-state index in [0.717, 1.165) is 46.0 Å². The Labute approximate surface area is 206 Å². The van der Waals surface area contributed by atoms with Crippen molar-refractivity contribution in [2.75, 3.05) is 10.8 Å². The topological polar surface area (TPSA) is 66.5 Å². The van der Waals surface area contributed by atoms with E-state index in [1.807, 2.05) is 48.5 Å². The Morgan fingerprint density at radius 1 is 0.857 bits per heavy atom. The Morgan fingerprint density at radius 2 is 1.60 bits per heavy atom. The summed E-state index contributed by atoms with van der Waals surface area (Å²) < 4.78 is 28.1. The molecule has 5 nitrogen and oxygen atoms in total. The largest absolute Gasteiger partial charge is 0.352 e. The van der Waals surface area contributed by atoms with Crippen LogP contribution in [0.25, 0.3) is 10.8 Å². The minimum Gasteiger partial charge on any atom is -0.352 e. The highest BCUT2D eigenvalue weighted by Crippen LogP contribution is 2.31. The molecule has 0 saturated heterocycles. The van der Waals surface area contributed by atoms with Crippen molar-refractivity contribution < 1.29 is 13.2 Å². The van der Waals surface area contributed by atoms with Gasteiger partial charge in [-0.05, 0) is 64.9 Å². The minimum absolute atomic E-state index is 0.0282. The second kappa shape index (κ2) is 9.92. The summed E-state index contributed by atoms with van der Waals surface area (Å²) in [5, 5.41) is 5.30. The van der Waals surface area contributed by atoms with Crippen LogP contribution in [0.1, 0.15) is 29.5 Å². The quantitative estimate of drug-likeness (QED) is 0.391. The number of fused-ring (bicyclic) bond motifs is 2. The normalized spacial score (nSPS) is 13.4. The summed E-state index contributed by atoms with van der Waals surface area (Å²) >= 11 is 0. The zero-order valence-electron chi connectivity index (χ0n) is 19.5. The molecule has 6 heteroatoms. The molecular formula is C29H28N2O3S. The molecule has 178 valence electrons. The summed E-state index contributed by atoms with van der Waals surface area (Å²) in [5.74, 6) is -0.0282. The van der Waals surface area contributed by atoms with E-state index in [1.54, 1.807) is 24.3 Å². The molecule has 0 unspecified atom stereocenters. The molecule has 35 heavy (non-hydrogen) atoms. The molecule has 1 aliphatic heterocycles. The second-order valence-corrected chi connectivity index (χ2v) is 10.7. The van der Waals surface area contributed by atoms with Crippen molar-refractivity contribution in [1.29, 1.82) is 0 Å². The standard InChI is InChI=1S/C29H28N2O3S/c32-29(30-21-25-10-5-9-23-7-1-3-12-27(23)25)19-16-22-14-17-26(18-15-22)35(33,34)31-20-6-11-24-8-2-4-13-28(24)31/h1-5,7-10,12-15,17-18H,6,11,16,19-21H2,(H,30,32). The first-order valence-corrected chi connectivity index (χ1v) is 13.4. The summed E-state index contributed by atoms with van der Waals surface area (Å²) in [5.41, 5.74) is 3.85. The van der Waals surface area contributed by atoms with Gasteiger partial charge in [-0.25, -0.2) is 8.42 Å². The summed E-state index contributed by atoms with van der Waals surface area (Å²) in [6.07, 6.45) is 2.59. The highest BCUT2D eigenvalue weighted by Gasteiger charge is 2.28. The van der Waals surface area contributed by atoms with Gasteiger partial charge in [-0.15, -0.1) is 0 Å². The molecule has 0 fully saturated rings. The number of carbonyl (C=O) groups excluding carboxylic acids is 1. The molecule has 4 aromatic carbocycles. The van der Waals surface area contributed by atoms with E-state index in [-0.39, 0.29) is 10.8 Å². The first-order valence-electron chi connectivity index (χ1n) is 12.0. The number of carbonyl (C=O) groups is 1. The molecule has 1 heterocycles. The van der Waals surface area contributed by atoms with Crippen molar-refractivity contribution in [2.24, 2.45) is 0 Å². The van der Waals surface area contributed by atoms with Gasteiger partial charge in [-0.2, -0.15) is 0 Å². The van der Waals surface area contributed by atoms with Crippen molar-refractivity contribution in [3.8, 4) is 0 Å². The number of benzene rings is 4. The fraction of sp³-hybridized carbons (Fsp3) is 0.207. The summed E-state index contributed by atoms with van der Waals surface area (Å²) in [6, 6.07) is 28.8. The van der Waals surface area contributed by atoms with Gasteiger partial charge in [0.25, 0.3) is 10.0 Å². The average molecular weight is 485 g/mol. The number of para-hydroxylation sites is 1. The van der Waals surface area contributed by atoms with Gasteiger partial charge in [0.2, 0.25) is 5.91 Å². The number of anilines is 1. The number of nitrogens with zero attached hydrogens (tertiary/aromatic N) is 1. The summed E-state index contributed by atoms with van der Waals surface area (Å²) in [6.45, 7) is 0.965. The SMILES string of the molecule is O=C(CCc1ccc(S(=O)(=O)N2CCCc3ccccc32)cc1)NCc1cccc2ccccc12. The number of sulfonamides is 1. The maximum Gasteiger partial charge on any atom is 0.264 e. The maximum absolute atomic E-state index is 13.3. The lowest BCUT2D eigenvalue weighted by Gasteiger charge is -2.30. The van der Waals surface area contributed by atoms with Crippen LogP contribution in [0, 0.1) is 0 Å². The molecule has 0 aromatic heterocycles. The lowest BCUT2D eigenvalue weighted by atomic mass is 10.0. The summed E-state index contributed by atoms with van der Waals surface area (Å²) in [7, 11) is -3.63. The van der Waals surface area contributed by atoms with Gasteiger partial charge in [0, 0.05) is 19.5 Å². The van der Waals surface area contributed by atoms with Crippen molar-refractivity contribution in [3.05, 3.63) is 108 Å². The Morgan fingerprint density at radius 3 is 2.46 bits per heavy atom. The Bertz CT molecular complexity index is 1460. The van der Waals surface area contributed by atoms with Crippen LogP contribution >= 0.6 is 0 Å². The lowest BCUT2D eigenvalue weighted by Crippen LogP contribution is -2.35. The lowest BCUT2D eigenvalue weighted by molar-refractivity contribution is -0.121. The number of rotatable bonds is 7. The van der Waals surface area contributed by atoms with Crippen LogP contribution in [0.5, 0.6) is 0 Å². The third-order valence-electron chi connectivity index (χ3n) is 6.58. The van der Waals surface area contributed by atoms with Gasteiger partial charge < -0.3 is 5.32 Å². The van der Waals surface area contributed by atoms with Crippen LogP contribution in [0.4, 0.5) is 5.69 Å². The Balaban J connectivity index is 1.20. The minimum atomic E-state index is -3.63. The molecule has 0 radical (unpaired) electrons. The van der Waals surface area contributed by atoms with Crippen LogP contribution in [0.15, 0.2) is 95.9 Å². The first-order chi connectivity index (χ1) is 17.0. The molecule has 0 bridgehead atoms. The van der Waals surface area contributed by atoms with Gasteiger partial charge in [0.05, 0.1) is 10.6 Å². The monoisotopic (exact) mass is 484 g/mol. The molecule has 5 rings (SSSR count). The van der Waals surface area contributed by atoms with Crippen LogP contribution in [0.2, 0.25) is 0 Å². The smallest absolute Gasteiger partial charge is 0.264 e. The zero-order valence-corrected chi connectivity index (χ0v) is 20.3. The number of nitrogens with one attached hydrogen (secondary N) is 1. The average Bonchev–Trinajstić information content (AvgIpc) is 2.90. The van der Waals surface area contributed by atoms with E-state index < -0.39 is 10.0 Å². The second-order valence-electron chi connectivity index (χ2n) is 8.87. The molecule has 0 aliphatic carbocycles.